The Morgan fingerprint density at radius 3 is 2.76 bits per heavy atom. The molecular weight excluding hydrogens is 384 g/mol. The highest BCUT2D eigenvalue weighted by molar-refractivity contribution is 7.99. The fourth-order valence-electron chi connectivity index (χ4n) is 3.73. The molecule has 4 aromatic heterocycles. The molecule has 1 aliphatic heterocycles. The minimum absolute atomic E-state index is 0.437. The molecule has 8 nitrogen and oxygen atoms in total. The second kappa shape index (κ2) is 7.39. The average Bonchev–Trinajstić information content (AvgIpc) is 3.48. The van der Waals surface area contributed by atoms with Crippen molar-refractivity contribution in [1.82, 2.24) is 34.5 Å². The van der Waals surface area contributed by atoms with Gasteiger partial charge in [0.05, 0.1) is 40.7 Å². The Morgan fingerprint density at radius 2 is 2.00 bits per heavy atom. The van der Waals surface area contributed by atoms with Crippen LogP contribution >= 0.6 is 11.8 Å². The quantitative estimate of drug-likeness (QED) is 0.563. The molecule has 1 N–H and O–H groups in total. The van der Waals surface area contributed by atoms with Crippen LogP contribution in [0.5, 0.6) is 0 Å². The maximum Gasteiger partial charge on any atom is 0.103 e. The molecule has 1 fully saturated rings. The lowest BCUT2D eigenvalue weighted by Crippen LogP contribution is -2.29. The van der Waals surface area contributed by atoms with Crippen molar-refractivity contribution in [3.05, 3.63) is 48.7 Å². The number of hydrogen-bond acceptors (Lipinski definition) is 6. The van der Waals surface area contributed by atoms with Crippen molar-refractivity contribution in [2.45, 2.75) is 28.8 Å². The number of aromatic nitrogens is 6. The zero-order chi connectivity index (χ0) is 19.8. The van der Waals surface area contributed by atoms with Crippen LogP contribution in [0, 0.1) is 11.3 Å². The maximum absolute atomic E-state index is 9.51. The molecule has 4 aromatic rings. The summed E-state index contributed by atoms with van der Waals surface area (Å²) < 4.78 is 5.69. The van der Waals surface area contributed by atoms with E-state index in [1.165, 1.54) is 0 Å². The average molecular weight is 405 g/mol. The fraction of sp³-hybridized carbons (Fsp3) is 0.300. The second-order valence-electron chi connectivity index (χ2n) is 7.14. The number of hydrogen-bond donors (Lipinski definition) is 1. The van der Waals surface area contributed by atoms with Gasteiger partial charge in [0.2, 0.25) is 0 Å². The number of nitrogens with zero attached hydrogens (tertiary/aromatic N) is 7. The minimum atomic E-state index is 0.437. The Kier molecular flexibility index (Phi) is 4.58. The first kappa shape index (κ1) is 18.0. The maximum atomic E-state index is 9.51. The number of nitriles is 1. The molecule has 29 heavy (non-hydrogen) atoms. The smallest absolute Gasteiger partial charge is 0.103 e. The summed E-state index contributed by atoms with van der Waals surface area (Å²) in [6, 6.07) is 6.76. The van der Waals surface area contributed by atoms with Gasteiger partial charge in [-0.25, -0.2) is 4.52 Å². The van der Waals surface area contributed by atoms with Crippen molar-refractivity contribution in [3.8, 4) is 17.2 Å². The third-order valence-electron chi connectivity index (χ3n) is 5.31. The van der Waals surface area contributed by atoms with Crippen LogP contribution < -0.4 is 5.32 Å². The summed E-state index contributed by atoms with van der Waals surface area (Å²) in [4.78, 5) is 0.967. The van der Waals surface area contributed by atoms with Crippen LogP contribution in [-0.4, -0.2) is 42.3 Å². The predicted octanol–water partition coefficient (Wildman–Crippen LogP) is 2.88. The van der Waals surface area contributed by atoms with Crippen molar-refractivity contribution in [1.29, 1.82) is 5.26 Å². The lowest BCUT2D eigenvalue weighted by atomic mass is 10.1. The Hall–Kier alpha value is -3.09. The van der Waals surface area contributed by atoms with Crippen molar-refractivity contribution in [3.63, 3.8) is 0 Å². The van der Waals surface area contributed by atoms with Crippen LogP contribution in [0.4, 0.5) is 0 Å². The number of nitrogens with one attached hydrogen (secondary N) is 1. The Labute approximate surface area is 172 Å². The molecule has 5 rings (SSSR count). The van der Waals surface area contributed by atoms with Gasteiger partial charge in [0, 0.05) is 35.5 Å². The van der Waals surface area contributed by atoms with Crippen LogP contribution in [-0.2, 0) is 7.05 Å². The molecule has 0 spiro atoms. The van der Waals surface area contributed by atoms with Crippen LogP contribution in [0.1, 0.15) is 24.4 Å². The molecule has 0 saturated carbocycles. The molecule has 0 aliphatic carbocycles. The third-order valence-corrected chi connectivity index (χ3v) is 6.45. The molecule has 0 atom stereocenters. The van der Waals surface area contributed by atoms with Crippen molar-refractivity contribution < 1.29 is 0 Å². The highest BCUT2D eigenvalue weighted by Crippen LogP contribution is 2.35. The Balaban J connectivity index is 1.57. The van der Waals surface area contributed by atoms with Gasteiger partial charge in [0.15, 0.2) is 0 Å². The van der Waals surface area contributed by atoms with Crippen LogP contribution in [0.25, 0.3) is 16.6 Å². The summed E-state index contributed by atoms with van der Waals surface area (Å²) in [5.41, 5.74) is 3.45. The first-order valence-corrected chi connectivity index (χ1v) is 10.4. The van der Waals surface area contributed by atoms with Gasteiger partial charge < -0.3 is 5.32 Å². The summed E-state index contributed by atoms with van der Waals surface area (Å²) >= 11 is 1.58. The largest absolute Gasteiger partial charge is 0.317 e. The number of fused-ring (bicyclic) bond motifs is 1. The van der Waals surface area contributed by atoms with Crippen LogP contribution in [0.2, 0.25) is 0 Å². The predicted molar refractivity (Wildman–Crippen MR) is 110 cm³/mol. The van der Waals surface area contributed by atoms with Gasteiger partial charge >= 0.3 is 0 Å². The van der Waals surface area contributed by atoms with Crippen molar-refractivity contribution in [2.24, 2.45) is 7.05 Å². The SMILES string of the molecule is Cn1nccc1Sc1cc(-c2cnn(C3CCNCC3)c2)cn2ncc(C#N)c12. The van der Waals surface area contributed by atoms with E-state index in [4.69, 9.17) is 0 Å². The topological polar surface area (TPSA) is 88.8 Å². The number of rotatable bonds is 4. The molecular formula is C20H20N8S. The summed E-state index contributed by atoms with van der Waals surface area (Å²) in [5.74, 6) is 0. The molecule has 9 heteroatoms. The lowest BCUT2D eigenvalue weighted by molar-refractivity contribution is 0.343. The molecule has 0 amide bonds. The van der Waals surface area contributed by atoms with E-state index >= 15 is 0 Å². The highest BCUT2D eigenvalue weighted by atomic mass is 32.2. The number of pyridine rings is 1. The van der Waals surface area contributed by atoms with E-state index in [1.807, 2.05) is 30.2 Å². The van der Waals surface area contributed by atoms with E-state index in [0.29, 0.717) is 11.6 Å². The monoisotopic (exact) mass is 404 g/mol. The molecule has 0 unspecified atom stereocenters. The van der Waals surface area contributed by atoms with Gasteiger partial charge in [0.1, 0.15) is 6.07 Å². The highest BCUT2D eigenvalue weighted by Gasteiger charge is 2.18. The summed E-state index contributed by atoms with van der Waals surface area (Å²) in [7, 11) is 1.91. The van der Waals surface area contributed by atoms with Gasteiger partial charge in [-0.2, -0.15) is 20.6 Å². The van der Waals surface area contributed by atoms with Gasteiger partial charge in [0.25, 0.3) is 0 Å². The minimum Gasteiger partial charge on any atom is -0.317 e. The van der Waals surface area contributed by atoms with Gasteiger partial charge in [-0.15, -0.1) is 0 Å². The zero-order valence-electron chi connectivity index (χ0n) is 16.0. The molecule has 1 aliphatic rings. The first-order chi connectivity index (χ1) is 14.2. The molecule has 0 radical (unpaired) electrons. The Bertz CT molecular complexity index is 1200. The van der Waals surface area contributed by atoms with E-state index < -0.39 is 0 Å². The lowest BCUT2D eigenvalue weighted by Gasteiger charge is -2.22. The van der Waals surface area contributed by atoms with Crippen LogP contribution in [0.3, 0.4) is 0 Å². The van der Waals surface area contributed by atoms with Crippen molar-refractivity contribution in [2.75, 3.05) is 13.1 Å². The summed E-state index contributed by atoms with van der Waals surface area (Å²) in [5, 5.41) is 27.2. The molecule has 0 aromatic carbocycles. The van der Waals surface area contributed by atoms with Gasteiger partial charge in [-0.05, 0) is 38.1 Å². The normalized spacial score (nSPS) is 15.0. The number of aryl methyl sites for hydroxylation is 1. The summed E-state index contributed by atoms with van der Waals surface area (Å²) in [6.07, 6.45) is 11.6. The Morgan fingerprint density at radius 1 is 1.14 bits per heavy atom. The standard InChI is InChI=1S/C20H20N8S/c1-26-19(4-7-23-26)29-18-8-14(12-28-20(18)15(9-21)10-25-28)16-11-24-27(13-16)17-2-5-22-6-3-17/h4,7-8,10-13,17,22H,2-3,5-6H2,1H3. The number of piperidine rings is 1. The fourth-order valence-corrected chi connectivity index (χ4v) is 4.75. The summed E-state index contributed by atoms with van der Waals surface area (Å²) in [6.45, 7) is 2.06. The van der Waals surface area contributed by atoms with E-state index in [-0.39, 0.29) is 0 Å². The van der Waals surface area contributed by atoms with E-state index in [2.05, 4.69) is 43.6 Å². The van der Waals surface area contributed by atoms with E-state index in [1.54, 1.807) is 28.7 Å². The zero-order valence-corrected chi connectivity index (χ0v) is 16.8. The first-order valence-electron chi connectivity index (χ1n) is 9.55. The second-order valence-corrected chi connectivity index (χ2v) is 8.20. The van der Waals surface area contributed by atoms with Crippen LogP contribution in [0.15, 0.2) is 53.0 Å². The molecule has 1 saturated heterocycles. The third kappa shape index (κ3) is 3.30. The van der Waals surface area contributed by atoms with E-state index in [0.717, 1.165) is 52.5 Å². The van der Waals surface area contributed by atoms with Gasteiger partial charge in [-0.1, -0.05) is 11.8 Å². The van der Waals surface area contributed by atoms with Crippen molar-refractivity contribution >= 4 is 17.3 Å². The molecule has 5 heterocycles. The molecule has 146 valence electrons. The van der Waals surface area contributed by atoms with E-state index in [9.17, 15) is 5.26 Å². The van der Waals surface area contributed by atoms with Gasteiger partial charge in [-0.3, -0.25) is 9.36 Å². The molecule has 0 bridgehead atoms.